The maximum Gasteiger partial charge on any atom is 0.270 e. The van der Waals surface area contributed by atoms with Crippen molar-refractivity contribution in [2.75, 3.05) is 11.1 Å². The summed E-state index contributed by atoms with van der Waals surface area (Å²) in [5, 5.41) is 13.6. The normalized spacial score (nSPS) is 11.4. The smallest absolute Gasteiger partial charge is 0.270 e. The van der Waals surface area contributed by atoms with Crippen LogP contribution in [0.3, 0.4) is 0 Å². The number of nitrogens with zero attached hydrogens (tertiary/aromatic N) is 2. The van der Waals surface area contributed by atoms with Gasteiger partial charge in [0.25, 0.3) is 5.69 Å². The molecule has 8 nitrogen and oxygen atoms in total. The zero-order chi connectivity index (χ0) is 18.7. The van der Waals surface area contributed by atoms with Gasteiger partial charge in [-0.15, -0.1) is 0 Å². The van der Waals surface area contributed by atoms with E-state index in [4.69, 9.17) is 0 Å². The molecule has 0 saturated carbocycles. The number of carbonyl (C=O) groups excluding carboxylic acids is 1. The van der Waals surface area contributed by atoms with Crippen molar-refractivity contribution in [2.24, 2.45) is 0 Å². The number of hydrogen-bond donors (Lipinski definition) is 1. The Morgan fingerprint density at radius 1 is 1.19 bits per heavy atom. The monoisotopic (exact) mass is 391 g/mol. The Bertz CT molecular complexity index is 1080. The summed E-state index contributed by atoms with van der Waals surface area (Å²) in [5.74, 6) is -0.808. The highest BCUT2D eigenvalue weighted by Crippen LogP contribution is 2.29. The first-order chi connectivity index (χ1) is 12.3. The molecule has 134 valence electrons. The summed E-state index contributed by atoms with van der Waals surface area (Å²) >= 11 is 1.09. The molecule has 0 atom stereocenters. The van der Waals surface area contributed by atoms with Gasteiger partial charge in [0.2, 0.25) is 5.91 Å². The van der Waals surface area contributed by atoms with Crippen LogP contribution in [0.2, 0.25) is 0 Å². The van der Waals surface area contributed by atoms with Crippen LogP contribution in [0, 0.1) is 10.1 Å². The lowest BCUT2D eigenvalue weighted by Crippen LogP contribution is -2.17. The van der Waals surface area contributed by atoms with Crippen LogP contribution in [0.4, 0.5) is 10.8 Å². The zero-order valence-electron chi connectivity index (χ0n) is 13.3. The van der Waals surface area contributed by atoms with Gasteiger partial charge in [0, 0.05) is 18.6 Å². The SMILES string of the molecule is O=C(CCS(=O)(=O)c1ccccc1)Nc1nc2ccc([N+](=O)[O-])cc2s1. The fourth-order valence-electron chi connectivity index (χ4n) is 2.23. The van der Waals surface area contributed by atoms with E-state index in [1.165, 1.54) is 30.3 Å². The topological polar surface area (TPSA) is 119 Å². The standard InChI is InChI=1S/C16H13N3O5S2/c20-15(8-9-26(23,24)12-4-2-1-3-5-12)18-16-17-13-7-6-11(19(21)22)10-14(13)25-16/h1-7,10H,8-9H2,(H,17,18,20). The molecule has 1 aromatic heterocycles. The Morgan fingerprint density at radius 2 is 1.92 bits per heavy atom. The third-order valence-corrected chi connectivity index (χ3v) is 6.19. The van der Waals surface area contributed by atoms with Crippen LogP contribution in [-0.2, 0) is 14.6 Å². The molecule has 0 bridgehead atoms. The molecule has 0 saturated heterocycles. The van der Waals surface area contributed by atoms with Gasteiger partial charge in [-0.1, -0.05) is 29.5 Å². The van der Waals surface area contributed by atoms with E-state index in [9.17, 15) is 23.3 Å². The molecule has 0 aliphatic carbocycles. The molecule has 0 fully saturated rings. The molecule has 26 heavy (non-hydrogen) atoms. The molecule has 0 aliphatic rings. The number of rotatable bonds is 6. The fourth-order valence-corrected chi connectivity index (χ4v) is 4.41. The van der Waals surface area contributed by atoms with Crippen LogP contribution in [0.5, 0.6) is 0 Å². The number of hydrogen-bond acceptors (Lipinski definition) is 7. The Hall–Kier alpha value is -2.85. The number of anilines is 1. The molecule has 1 N–H and O–H groups in total. The molecule has 3 rings (SSSR count). The number of non-ortho nitro benzene ring substituents is 1. The predicted octanol–water partition coefficient (Wildman–Crippen LogP) is 3.01. The summed E-state index contributed by atoms with van der Waals surface area (Å²) in [6.07, 6.45) is -0.215. The molecule has 0 spiro atoms. The molecule has 2 aromatic carbocycles. The maximum absolute atomic E-state index is 12.2. The third kappa shape index (κ3) is 4.03. The predicted molar refractivity (Wildman–Crippen MR) is 98.0 cm³/mol. The maximum atomic E-state index is 12.2. The number of nitro groups is 1. The number of nitrogens with one attached hydrogen (secondary N) is 1. The summed E-state index contributed by atoms with van der Waals surface area (Å²) in [6, 6.07) is 12.1. The number of amides is 1. The molecule has 0 aliphatic heterocycles. The van der Waals surface area contributed by atoms with Crippen molar-refractivity contribution in [1.29, 1.82) is 0 Å². The molecular formula is C16H13N3O5S2. The van der Waals surface area contributed by atoms with E-state index in [-0.39, 0.29) is 27.9 Å². The second-order valence-electron chi connectivity index (χ2n) is 5.36. The summed E-state index contributed by atoms with van der Waals surface area (Å²) in [6.45, 7) is 0. The number of aromatic nitrogens is 1. The van der Waals surface area contributed by atoms with Gasteiger partial charge in [0.15, 0.2) is 15.0 Å². The van der Waals surface area contributed by atoms with E-state index in [1.807, 2.05) is 0 Å². The highest BCUT2D eigenvalue weighted by atomic mass is 32.2. The zero-order valence-corrected chi connectivity index (χ0v) is 14.9. The number of thiazole rings is 1. The molecule has 3 aromatic rings. The number of carbonyl (C=O) groups is 1. The Balaban J connectivity index is 1.66. The number of sulfone groups is 1. The van der Waals surface area contributed by atoms with Gasteiger partial charge in [-0.05, 0) is 18.2 Å². The summed E-state index contributed by atoms with van der Waals surface area (Å²) in [4.78, 5) is 26.6. The van der Waals surface area contributed by atoms with Crippen LogP contribution in [0.1, 0.15) is 6.42 Å². The molecular weight excluding hydrogens is 378 g/mol. The lowest BCUT2D eigenvalue weighted by Gasteiger charge is -2.04. The van der Waals surface area contributed by atoms with Crippen molar-refractivity contribution < 1.29 is 18.1 Å². The quantitative estimate of drug-likeness (QED) is 0.509. The first kappa shape index (κ1) is 18.0. The van der Waals surface area contributed by atoms with Crippen LogP contribution in [0.25, 0.3) is 10.2 Å². The van der Waals surface area contributed by atoms with Gasteiger partial charge in [0.1, 0.15) is 0 Å². The van der Waals surface area contributed by atoms with Crippen molar-refractivity contribution in [1.82, 2.24) is 4.98 Å². The van der Waals surface area contributed by atoms with Crippen LogP contribution in [-0.4, -0.2) is 30.0 Å². The molecule has 0 radical (unpaired) electrons. The van der Waals surface area contributed by atoms with Crippen LogP contribution in [0.15, 0.2) is 53.4 Å². The molecule has 10 heteroatoms. The second-order valence-corrected chi connectivity index (χ2v) is 8.50. The minimum atomic E-state index is -3.54. The van der Waals surface area contributed by atoms with Crippen molar-refractivity contribution >= 4 is 48.1 Å². The number of fused-ring (bicyclic) bond motifs is 1. The van der Waals surface area contributed by atoms with Crippen molar-refractivity contribution in [3.8, 4) is 0 Å². The average Bonchev–Trinajstić information content (AvgIpc) is 3.02. The van der Waals surface area contributed by atoms with E-state index in [2.05, 4.69) is 10.3 Å². The Kier molecular flexibility index (Phi) is 4.96. The van der Waals surface area contributed by atoms with E-state index >= 15 is 0 Å². The van der Waals surface area contributed by atoms with Gasteiger partial charge in [0.05, 0.1) is 25.8 Å². The highest BCUT2D eigenvalue weighted by Gasteiger charge is 2.17. The van der Waals surface area contributed by atoms with Crippen LogP contribution >= 0.6 is 11.3 Å². The lowest BCUT2D eigenvalue weighted by molar-refractivity contribution is -0.384. The van der Waals surface area contributed by atoms with E-state index in [0.29, 0.717) is 10.2 Å². The van der Waals surface area contributed by atoms with E-state index < -0.39 is 20.7 Å². The minimum Gasteiger partial charge on any atom is -0.302 e. The van der Waals surface area contributed by atoms with Gasteiger partial charge < -0.3 is 5.32 Å². The average molecular weight is 391 g/mol. The first-order valence-corrected chi connectivity index (χ1v) is 9.95. The Morgan fingerprint density at radius 3 is 2.62 bits per heavy atom. The van der Waals surface area contributed by atoms with Gasteiger partial charge in [-0.25, -0.2) is 13.4 Å². The third-order valence-electron chi connectivity index (χ3n) is 3.53. The molecule has 1 amide bonds. The molecule has 1 heterocycles. The number of benzene rings is 2. The van der Waals surface area contributed by atoms with E-state index in [0.717, 1.165) is 11.3 Å². The van der Waals surface area contributed by atoms with Crippen molar-refractivity contribution in [3.05, 3.63) is 58.6 Å². The Labute approximate surface area is 152 Å². The summed E-state index contributed by atoms with van der Waals surface area (Å²) in [7, 11) is -3.54. The first-order valence-electron chi connectivity index (χ1n) is 7.48. The van der Waals surface area contributed by atoms with E-state index in [1.54, 1.807) is 18.2 Å². The number of nitro benzene ring substituents is 1. The van der Waals surface area contributed by atoms with Gasteiger partial charge in [-0.3, -0.25) is 14.9 Å². The summed E-state index contributed by atoms with van der Waals surface area (Å²) in [5.41, 5.74) is 0.459. The van der Waals surface area contributed by atoms with Crippen molar-refractivity contribution in [3.63, 3.8) is 0 Å². The minimum absolute atomic E-state index is 0.0621. The largest absolute Gasteiger partial charge is 0.302 e. The fraction of sp³-hybridized carbons (Fsp3) is 0.125. The van der Waals surface area contributed by atoms with Gasteiger partial charge in [-0.2, -0.15) is 0 Å². The van der Waals surface area contributed by atoms with Crippen LogP contribution < -0.4 is 5.32 Å². The highest BCUT2D eigenvalue weighted by molar-refractivity contribution is 7.91. The lowest BCUT2D eigenvalue weighted by atomic mass is 10.3. The molecule has 0 unspecified atom stereocenters. The van der Waals surface area contributed by atoms with Gasteiger partial charge >= 0.3 is 0 Å². The second kappa shape index (κ2) is 7.18. The van der Waals surface area contributed by atoms with Crippen molar-refractivity contribution in [2.45, 2.75) is 11.3 Å². The summed E-state index contributed by atoms with van der Waals surface area (Å²) < 4.78 is 24.9.